The van der Waals surface area contributed by atoms with E-state index < -0.39 is 35.4 Å². The van der Waals surface area contributed by atoms with Crippen LogP contribution in [0.15, 0.2) is 24.3 Å². The van der Waals surface area contributed by atoms with E-state index in [-0.39, 0.29) is 18.7 Å². The van der Waals surface area contributed by atoms with Crippen LogP contribution in [0, 0.1) is 0 Å². The molecule has 1 unspecified atom stereocenters. The minimum absolute atomic E-state index is 0.0444. The Hall–Kier alpha value is -2.65. The van der Waals surface area contributed by atoms with E-state index >= 15 is 0 Å². The van der Waals surface area contributed by atoms with E-state index in [1.54, 1.807) is 20.8 Å². The van der Waals surface area contributed by atoms with Gasteiger partial charge in [0, 0.05) is 13.0 Å². The molecule has 1 N–H and O–H groups in total. The van der Waals surface area contributed by atoms with Crippen LogP contribution in [0.1, 0.15) is 33.6 Å². The van der Waals surface area contributed by atoms with Crippen LogP contribution in [0.4, 0.5) is 18.0 Å². The van der Waals surface area contributed by atoms with E-state index in [0.717, 1.165) is 12.1 Å². The zero-order chi connectivity index (χ0) is 21.2. The molecule has 1 aromatic carbocycles. The molecule has 7 nitrogen and oxygen atoms in total. The minimum Gasteiger partial charge on any atom is -0.478 e. The highest BCUT2D eigenvalue weighted by Gasteiger charge is 2.47. The van der Waals surface area contributed by atoms with Crippen molar-refractivity contribution in [1.29, 1.82) is 0 Å². The molecule has 1 saturated heterocycles. The maximum atomic E-state index is 12.3. The lowest BCUT2D eigenvalue weighted by molar-refractivity contribution is -0.274. The number of rotatable bonds is 4. The third-order valence-electron chi connectivity index (χ3n) is 3.87. The van der Waals surface area contributed by atoms with Gasteiger partial charge in [0.25, 0.3) is 0 Å². The Kier molecular flexibility index (Phi) is 6.00. The van der Waals surface area contributed by atoms with Gasteiger partial charge in [0.05, 0.1) is 6.54 Å². The first-order valence-corrected chi connectivity index (χ1v) is 8.56. The number of piperidine rings is 1. The normalized spacial score (nSPS) is 20.4. The van der Waals surface area contributed by atoms with Gasteiger partial charge in [0.2, 0.25) is 5.60 Å². The smallest absolute Gasteiger partial charge is 0.478 e. The number of nitrogens with zero attached hydrogens (tertiary/aromatic N) is 1. The van der Waals surface area contributed by atoms with Crippen LogP contribution in [-0.4, -0.2) is 52.7 Å². The van der Waals surface area contributed by atoms with Gasteiger partial charge in [0.1, 0.15) is 17.1 Å². The number of likely N-dealkylation sites (tertiary alicyclic amines) is 1. The number of carbonyl (C=O) groups is 2. The molecule has 28 heavy (non-hydrogen) atoms. The molecule has 1 heterocycles. The van der Waals surface area contributed by atoms with Crippen molar-refractivity contribution in [3.63, 3.8) is 0 Å². The van der Waals surface area contributed by atoms with Crippen LogP contribution in [-0.2, 0) is 9.53 Å². The van der Waals surface area contributed by atoms with Crippen molar-refractivity contribution in [2.45, 2.75) is 51.2 Å². The van der Waals surface area contributed by atoms with Gasteiger partial charge in [-0.1, -0.05) is 0 Å². The second kappa shape index (κ2) is 7.76. The number of halogens is 3. The van der Waals surface area contributed by atoms with Crippen LogP contribution in [0.5, 0.6) is 11.5 Å². The summed E-state index contributed by atoms with van der Waals surface area (Å²) in [7, 11) is 0. The first-order valence-electron chi connectivity index (χ1n) is 8.56. The lowest BCUT2D eigenvalue weighted by Crippen LogP contribution is -2.58. The molecule has 1 atom stereocenters. The molecule has 0 radical (unpaired) electrons. The summed E-state index contributed by atoms with van der Waals surface area (Å²) in [6.45, 7) is 5.14. The highest BCUT2D eigenvalue weighted by molar-refractivity contribution is 5.80. The van der Waals surface area contributed by atoms with Crippen LogP contribution < -0.4 is 9.47 Å². The molecular formula is C18H22F3NO6. The SMILES string of the molecule is CC(C)(C)OC(=O)N1CCCC(Oc2ccc(OC(F)(F)F)cc2)(C(=O)O)C1. The summed E-state index contributed by atoms with van der Waals surface area (Å²) in [4.78, 5) is 25.5. The third-order valence-corrected chi connectivity index (χ3v) is 3.87. The number of benzene rings is 1. The molecule has 2 rings (SSSR count). The van der Waals surface area contributed by atoms with Crippen LogP contribution in [0.2, 0.25) is 0 Å². The predicted octanol–water partition coefficient (Wildman–Crippen LogP) is 3.82. The van der Waals surface area contributed by atoms with E-state index in [1.807, 2.05) is 0 Å². The zero-order valence-corrected chi connectivity index (χ0v) is 15.7. The molecule has 1 amide bonds. The quantitative estimate of drug-likeness (QED) is 0.820. The molecule has 0 spiro atoms. The van der Waals surface area contributed by atoms with Gasteiger partial charge in [-0.2, -0.15) is 0 Å². The summed E-state index contributed by atoms with van der Waals surface area (Å²) < 4.78 is 51.4. The van der Waals surface area contributed by atoms with Crippen molar-refractivity contribution in [2.24, 2.45) is 0 Å². The molecule has 1 aromatic rings. The Morgan fingerprint density at radius 3 is 2.18 bits per heavy atom. The Morgan fingerprint density at radius 2 is 1.68 bits per heavy atom. The average molecular weight is 405 g/mol. The summed E-state index contributed by atoms with van der Waals surface area (Å²) in [5.74, 6) is -1.69. The molecule has 0 aromatic heterocycles. The van der Waals surface area contributed by atoms with E-state index in [2.05, 4.69) is 4.74 Å². The van der Waals surface area contributed by atoms with E-state index in [4.69, 9.17) is 9.47 Å². The molecule has 1 aliphatic heterocycles. The molecule has 0 bridgehead atoms. The summed E-state index contributed by atoms with van der Waals surface area (Å²) in [6.07, 6.45) is -5.00. The first kappa shape index (κ1) is 21.6. The highest BCUT2D eigenvalue weighted by Crippen LogP contribution is 2.31. The number of carboxylic acids is 1. The van der Waals surface area contributed by atoms with Crippen LogP contribution in [0.3, 0.4) is 0 Å². The molecule has 10 heteroatoms. The number of aliphatic carboxylic acids is 1. The summed E-state index contributed by atoms with van der Waals surface area (Å²) in [5.41, 5.74) is -2.48. The third kappa shape index (κ3) is 5.93. The van der Waals surface area contributed by atoms with E-state index in [9.17, 15) is 27.9 Å². The second-order valence-corrected chi connectivity index (χ2v) is 7.43. The number of amides is 1. The van der Waals surface area contributed by atoms with Gasteiger partial charge in [-0.05, 0) is 51.5 Å². The molecule has 0 aliphatic carbocycles. The van der Waals surface area contributed by atoms with E-state index in [1.165, 1.54) is 17.0 Å². The number of carboxylic acid groups (broad SMARTS) is 1. The van der Waals surface area contributed by atoms with Crippen LogP contribution >= 0.6 is 0 Å². The molecule has 0 saturated carbocycles. The molecular weight excluding hydrogens is 383 g/mol. The lowest BCUT2D eigenvalue weighted by Gasteiger charge is -2.40. The van der Waals surface area contributed by atoms with Crippen molar-refractivity contribution < 1.29 is 42.1 Å². The monoisotopic (exact) mass is 405 g/mol. The number of carbonyl (C=O) groups excluding carboxylic acids is 1. The maximum absolute atomic E-state index is 12.3. The summed E-state index contributed by atoms with van der Waals surface area (Å²) >= 11 is 0. The summed E-state index contributed by atoms with van der Waals surface area (Å²) in [5, 5.41) is 9.71. The first-order chi connectivity index (χ1) is 12.8. The fourth-order valence-electron chi connectivity index (χ4n) is 2.74. The zero-order valence-electron chi connectivity index (χ0n) is 15.7. The van der Waals surface area contributed by atoms with Gasteiger partial charge in [-0.25, -0.2) is 9.59 Å². The van der Waals surface area contributed by atoms with Crippen molar-refractivity contribution in [2.75, 3.05) is 13.1 Å². The number of alkyl halides is 3. The molecule has 1 aliphatic rings. The van der Waals surface area contributed by atoms with E-state index in [0.29, 0.717) is 13.0 Å². The number of hydrogen-bond acceptors (Lipinski definition) is 5. The van der Waals surface area contributed by atoms with Crippen molar-refractivity contribution in [3.8, 4) is 11.5 Å². The number of hydrogen-bond donors (Lipinski definition) is 1. The van der Waals surface area contributed by atoms with Gasteiger partial charge < -0.3 is 24.2 Å². The van der Waals surface area contributed by atoms with Gasteiger partial charge in [-0.3, -0.25) is 0 Å². The Labute approximate surface area is 160 Å². The van der Waals surface area contributed by atoms with Crippen molar-refractivity contribution >= 4 is 12.1 Å². The van der Waals surface area contributed by atoms with Crippen LogP contribution in [0.25, 0.3) is 0 Å². The Bertz CT molecular complexity index is 714. The minimum atomic E-state index is -4.83. The Balaban J connectivity index is 2.15. The number of ether oxygens (including phenoxy) is 3. The predicted molar refractivity (Wildman–Crippen MR) is 91.2 cm³/mol. The van der Waals surface area contributed by atoms with Gasteiger partial charge in [-0.15, -0.1) is 13.2 Å². The lowest BCUT2D eigenvalue weighted by atomic mass is 9.92. The standard InChI is InChI=1S/C18H22F3NO6/c1-16(2,3)28-15(25)22-10-4-9-17(11-22,14(23)24)26-12-5-7-13(8-6-12)27-18(19,20)21/h5-8H,4,9-11H2,1-3H3,(H,23,24). The molecule has 1 fully saturated rings. The van der Waals surface area contributed by atoms with Crippen molar-refractivity contribution in [1.82, 2.24) is 4.90 Å². The van der Waals surface area contributed by atoms with Gasteiger partial charge in [0.15, 0.2) is 0 Å². The topological polar surface area (TPSA) is 85.3 Å². The Morgan fingerprint density at radius 1 is 1.11 bits per heavy atom. The fourth-order valence-corrected chi connectivity index (χ4v) is 2.74. The largest absolute Gasteiger partial charge is 0.573 e. The second-order valence-electron chi connectivity index (χ2n) is 7.43. The van der Waals surface area contributed by atoms with Gasteiger partial charge >= 0.3 is 18.4 Å². The highest BCUT2D eigenvalue weighted by atomic mass is 19.4. The van der Waals surface area contributed by atoms with Crippen molar-refractivity contribution in [3.05, 3.63) is 24.3 Å². The molecule has 156 valence electrons. The maximum Gasteiger partial charge on any atom is 0.573 e. The fraction of sp³-hybridized carbons (Fsp3) is 0.556. The average Bonchev–Trinajstić information content (AvgIpc) is 2.54. The summed E-state index contributed by atoms with van der Waals surface area (Å²) in [6, 6.07) is 4.40.